The molecule has 1 aliphatic heterocycles. The number of nitrogens with one attached hydrogen (secondary N) is 1. The summed E-state index contributed by atoms with van der Waals surface area (Å²) in [7, 11) is 0. The zero-order valence-corrected chi connectivity index (χ0v) is 14.4. The van der Waals surface area contributed by atoms with Crippen LogP contribution < -0.4 is 5.56 Å². The molecule has 0 radical (unpaired) electrons. The molecule has 2 atom stereocenters. The van der Waals surface area contributed by atoms with E-state index in [2.05, 4.69) is 15.1 Å². The van der Waals surface area contributed by atoms with Crippen LogP contribution in [0.1, 0.15) is 40.1 Å². The number of nitrogens with zero attached hydrogens (tertiary/aromatic N) is 3. The van der Waals surface area contributed by atoms with Crippen molar-refractivity contribution >= 4 is 16.8 Å². The van der Waals surface area contributed by atoms with Crippen molar-refractivity contribution in [1.82, 2.24) is 20.0 Å². The van der Waals surface area contributed by atoms with Crippen LogP contribution in [0.25, 0.3) is 10.9 Å². The van der Waals surface area contributed by atoms with Crippen LogP contribution >= 0.6 is 0 Å². The van der Waals surface area contributed by atoms with Gasteiger partial charge in [-0.3, -0.25) is 9.59 Å². The summed E-state index contributed by atoms with van der Waals surface area (Å²) in [4.78, 5) is 34.1. The number of aromatic amines is 1. The molecule has 26 heavy (non-hydrogen) atoms. The molecule has 1 aliphatic rings. The lowest BCUT2D eigenvalue weighted by atomic mass is 10.0. The topological polar surface area (TPSA) is 112 Å². The second kappa shape index (κ2) is 6.06. The summed E-state index contributed by atoms with van der Waals surface area (Å²) in [6.45, 7) is 3.54. The van der Waals surface area contributed by atoms with Crippen LogP contribution in [-0.2, 0) is 0 Å². The number of aliphatic hydroxyl groups is 1. The molecular formula is C18H18N4O4. The molecule has 0 unspecified atom stereocenters. The standard InChI is InChI=1S/C18H18N4O4/c1-9-12-5-3-4-6-13(12)20-16(24)15(9)18(25)22-8-11(23)7-14(22)17-19-10(2)21-26-17/h3-6,11,14,23H,7-8H2,1-2H3,(H,20,24)/t11-,14+/m0/s1. The van der Waals surface area contributed by atoms with E-state index < -0.39 is 23.6 Å². The Kier molecular flexibility index (Phi) is 3.84. The number of fused-ring (bicyclic) bond motifs is 1. The maximum absolute atomic E-state index is 13.2. The molecule has 1 aromatic carbocycles. The van der Waals surface area contributed by atoms with Gasteiger partial charge in [0, 0.05) is 23.9 Å². The largest absolute Gasteiger partial charge is 0.391 e. The van der Waals surface area contributed by atoms with Gasteiger partial charge in [-0.15, -0.1) is 0 Å². The fourth-order valence-electron chi connectivity index (χ4n) is 3.53. The van der Waals surface area contributed by atoms with Crippen LogP contribution in [-0.4, -0.2) is 43.7 Å². The summed E-state index contributed by atoms with van der Waals surface area (Å²) in [5, 5.41) is 14.6. The molecule has 0 spiro atoms. The molecule has 0 bridgehead atoms. The first-order valence-electron chi connectivity index (χ1n) is 8.36. The van der Waals surface area contributed by atoms with Gasteiger partial charge >= 0.3 is 0 Å². The quantitative estimate of drug-likeness (QED) is 0.721. The van der Waals surface area contributed by atoms with E-state index in [1.807, 2.05) is 18.2 Å². The minimum Gasteiger partial charge on any atom is -0.391 e. The van der Waals surface area contributed by atoms with E-state index in [0.29, 0.717) is 16.9 Å². The summed E-state index contributed by atoms with van der Waals surface area (Å²) in [5.74, 6) is 0.266. The Morgan fingerprint density at radius 3 is 2.85 bits per heavy atom. The smallest absolute Gasteiger partial charge is 0.261 e. The van der Waals surface area contributed by atoms with Gasteiger partial charge in [-0.2, -0.15) is 4.98 Å². The maximum Gasteiger partial charge on any atom is 0.261 e. The fourth-order valence-corrected chi connectivity index (χ4v) is 3.53. The van der Waals surface area contributed by atoms with E-state index in [4.69, 9.17) is 4.52 Å². The Morgan fingerprint density at radius 1 is 1.35 bits per heavy atom. The van der Waals surface area contributed by atoms with Crippen LogP contribution in [0.15, 0.2) is 33.6 Å². The van der Waals surface area contributed by atoms with Gasteiger partial charge in [0.25, 0.3) is 11.5 Å². The molecule has 2 N–H and O–H groups in total. The number of β-amino-alcohol motifs (C(OH)–C–C–N with tert-alkyl or cyclic N) is 1. The van der Waals surface area contributed by atoms with Crippen molar-refractivity contribution in [2.45, 2.75) is 32.4 Å². The normalized spacial score (nSPS) is 20.0. The first-order chi connectivity index (χ1) is 12.5. The number of rotatable bonds is 2. The predicted octanol–water partition coefficient (Wildman–Crippen LogP) is 1.48. The summed E-state index contributed by atoms with van der Waals surface area (Å²) in [6.07, 6.45) is -0.422. The van der Waals surface area contributed by atoms with Crippen molar-refractivity contribution in [1.29, 1.82) is 0 Å². The van der Waals surface area contributed by atoms with Crippen LogP contribution in [0.3, 0.4) is 0 Å². The van der Waals surface area contributed by atoms with Crippen molar-refractivity contribution in [2.75, 3.05) is 6.54 Å². The lowest BCUT2D eigenvalue weighted by molar-refractivity contribution is 0.0691. The summed E-state index contributed by atoms with van der Waals surface area (Å²) >= 11 is 0. The predicted molar refractivity (Wildman–Crippen MR) is 92.7 cm³/mol. The maximum atomic E-state index is 13.2. The van der Waals surface area contributed by atoms with Gasteiger partial charge in [-0.05, 0) is 25.5 Å². The lowest BCUT2D eigenvalue weighted by Gasteiger charge is -2.22. The van der Waals surface area contributed by atoms with Crippen molar-refractivity contribution in [3.05, 3.63) is 57.5 Å². The first kappa shape index (κ1) is 16.5. The van der Waals surface area contributed by atoms with Crippen molar-refractivity contribution in [2.24, 2.45) is 0 Å². The molecule has 1 amide bonds. The number of benzene rings is 1. The number of aliphatic hydroxyl groups excluding tert-OH is 1. The summed E-state index contributed by atoms with van der Waals surface area (Å²) in [6, 6.07) is 6.77. The average Bonchev–Trinajstić information content (AvgIpc) is 3.20. The van der Waals surface area contributed by atoms with Crippen molar-refractivity contribution < 1.29 is 14.4 Å². The highest BCUT2D eigenvalue weighted by Gasteiger charge is 2.40. The van der Waals surface area contributed by atoms with E-state index in [1.165, 1.54) is 4.90 Å². The van der Waals surface area contributed by atoms with Gasteiger partial charge in [0.1, 0.15) is 11.6 Å². The Balaban J connectivity index is 1.79. The Bertz CT molecular complexity index is 1050. The molecule has 4 rings (SSSR count). The Labute approximate surface area is 148 Å². The highest BCUT2D eigenvalue weighted by molar-refractivity contribution is 6.00. The molecule has 1 fully saturated rings. The molecule has 1 saturated heterocycles. The zero-order chi connectivity index (χ0) is 18.4. The summed E-state index contributed by atoms with van der Waals surface area (Å²) < 4.78 is 5.19. The molecule has 3 aromatic rings. The monoisotopic (exact) mass is 354 g/mol. The van der Waals surface area contributed by atoms with Gasteiger partial charge in [-0.25, -0.2) is 0 Å². The van der Waals surface area contributed by atoms with Gasteiger partial charge in [-0.1, -0.05) is 23.4 Å². The molecule has 3 heterocycles. The Hall–Kier alpha value is -3.00. The van der Waals surface area contributed by atoms with E-state index in [1.54, 1.807) is 19.9 Å². The molecule has 0 aliphatic carbocycles. The minimum atomic E-state index is -0.712. The van der Waals surface area contributed by atoms with Gasteiger partial charge in [0.05, 0.1) is 6.10 Å². The minimum absolute atomic E-state index is 0.0686. The number of aromatic nitrogens is 3. The van der Waals surface area contributed by atoms with Gasteiger partial charge in [0.15, 0.2) is 5.82 Å². The number of H-pyrrole nitrogens is 1. The lowest BCUT2D eigenvalue weighted by Crippen LogP contribution is -2.36. The van der Waals surface area contributed by atoms with Gasteiger partial charge < -0.3 is 19.5 Å². The molecule has 2 aromatic heterocycles. The van der Waals surface area contributed by atoms with Crippen LogP contribution in [0.2, 0.25) is 0 Å². The number of likely N-dealkylation sites (tertiary alicyclic amines) is 1. The highest BCUT2D eigenvalue weighted by atomic mass is 16.5. The summed E-state index contributed by atoms with van der Waals surface area (Å²) in [5.41, 5.74) is 0.903. The van der Waals surface area contributed by atoms with Gasteiger partial charge in [0.2, 0.25) is 5.89 Å². The third-order valence-corrected chi connectivity index (χ3v) is 4.76. The molecule has 8 heteroatoms. The number of para-hydroxylation sites is 1. The SMILES string of the molecule is Cc1noc([C@H]2C[C@H](O)CN2C(=O)c2c(C)c3ccccc3[nH]c2=O)n1. The third-order valence-electron chi connectivity index (χ3n) is 4.76. The zero-order valence-electron chi connectivity index (χ0n) is 14.4. The first-order valence-corrected chi connectivity index (χ1v) is 8.36. The average molecular weight is 354 g/mol. The van der Waals surface area contributed by atoms with E-state index in [-0.39, 0.29) is 24.4 Å². The fraction of sp³-hybridized carbons (Fsp3) is 0.333. The van der Waals surface area contributed by atoms with Crippen LogP contribution in [0, 0.1) is 13.8 Å². The van der Waals surface area contributed by atoms with Crippen molar-refractivity contribution in [3.63, 3.8) is 0 Å². The number of hydrogen-bond acceptors (Lipinski definition) is 6. The van der Waals surface area contributed by atoms with Crippen LogP contribution in [0.4, 0.5) is 0 Å². The van der Waals surface area contributed by atoms with Crippen LogP contribution in [0.5, 0.6) is 0 Å². The van der Waals surface area contributed by atoms with E-state index in [9.17, 15) is 14.7 Å². The van der Waals surface area contributed by atoms with E-state index in [0.717, 1.165) is 5.39 Å². The molecular weight excluding hydrogens is 336 g/mol. The number of carbonyl (C=O) groups is 1. The molecule has 8 nitrogen and oxygen atoms in total. The number of carbonyl (C=O) groups excluding carboxylic acids is 1. The third kappa shape index (κ3) is 2.59. The number of aryl methyl sites for hydroxylation is 2. The second-order valence-corrected chi connectivity index (χ2v) is 6.54. The molecule has 134 valence electrons. The second-order valence-electron chi connectivity index (χ2n) is 6.54. The number of amides is 1. The van der Waals surface area contributed by atoms with Crippen molar-refractivity contribution in [3.8, 4) is 0 Å². The Morgan fingerprint density at radius 2 is 2.12 bits per heavy atom. The van der Waals surface area contributed by atoms with E-state index >= 15 is 0 Å². The number of pyridine rings is 1. The highest BCUT2D eigenvalue weighted by Crippen LogP contribution is 2.33. The number of hydrogen-bond donors (Lipinski definition) is 2. The molecule has 0 saturated carbocycles.